The van der Waals surface area contributed by atoms with Crippen LogP contribution in [0.4, 0.5) is 10.2 Å². The second-order valence-electron chi connectivity index (χ2n) is 5.51. The molecule has 3 aromatic rings. The van der Waals surface area contributed by atoms with E-state index in [4.69, 9.17) is 4.74 Å². The van der Waals surface area contributed by atoms with Gasteiger partial charge in [-0.1, -0.05) is 29.5 Å². The zero-order chi connectivity index (χ0) is 16.9. The Kier molecular flexibility index (Phi) is 4.86. The summed E-state index contributed by atoms with van der Waals surface area (Å²) in [5.41, 5.74) is 3.93. The van der Waals surface area contributed by atoms with Gasteiger partial charge in [0, 0.05) is 13.7 Å². The van der Waals surface area contributed by atoms with Crippen molar-refractivity contribution < 1.29 is 9.13 Å². The van der Waals surface area contributed by atoms with Crippen molar-refractivity contribution in [1.82, 2.24) is 15.0 Å². The van der Waals surface area contributed by atoms with Crippen molar-refractivity contribution in [3.8, 4) is 5.69 Å². The zero-order valence-electron chi connectivity index (χ0n) is 13.7. The molecule has 0 unspecified atom stereocenters. The average molecular weight is 326 g/mol. The summed E-state index contributed by atoms with van der Waals surface area (Å²) in [6.07, 6.45) is 0. The molecular weight excluding hydrogens is 307 g/mol. The predicted octanol–water partition coefficient (Wildman–Crippen LogP) is 3.47. The van der Waals surface area contributed by atoms with Crippen LogP contribution in [-0.2, 0) is 17.9 Å². The molecule has 0 radical (unpaired) electrons. The maximum atomic E-state index is 13.0. The molecule has 0 aliphatic carbocycles. The van der Waals surface area contributed by atoms with Crippen LogP contribution in [0.15, 0.2) is 48.5 Å². The molecule has 0 saturated carbocycles. The summed E-state index contributed by atoms with van der Waals surface area (Å²) in [4.78, 5) is 0. The number of ether oxygens (including phenoxy) is 1. The van der Waals surface area contributed by atoms with Crippen LogP contribution in [0.25, 0.3) is 5.69 Å². The number of aromatic nitrogens is 3. The van der Waals surface area contributed by atoms with Crippen molar-refractivity contribution in [2.75, 3.05) is 12.4 Å². The van der Waals surface area contributed by atoms with E-state index < -0.39 is 0 Å². The lowest BCUT2D eigenvalue weighted by Crippen LogP contribution is -2.03. The molecule has 0 atom stereocenters. The maximum absolute atomic E-state index is 13.0. The van der Waals surface area contributed by atoms with Gasteiger partial charge in [0.25, 0.3) is 0 Å². The number of nitrogens with zero attached hydrogens (tertiary/aromatic N) is 3. The van der Waals surface area contributed by atoms with Crippen LogP contribution in [0, 0.1) is 12.7 Å². The van der Waals surface area contributed by atoms with Gasteiger partial charge in [0.2, 0.25) is 0 Å². The number of anilines is 1. The molecule has 5 nitrogen and oxygen atoms in total. The highest BCUT2D eigenvalue weighted by Gasteiger charge is 2.10. The SMILES string of the molecule is COCc1ccc(CNc2nnn(-c3ccc(F)cc3)c2C)cc1. The first-order valence-electron chi connectivity index (χ1n) is 7.66. The highest BCUT2D eigenvalue weighted by atomic mass is 19.1. The normalized spacial score (nSPS) is 10.8. The summed E-state index contributed by atoms with van der Waals surface area (Å²) in [6, 6.07) is 14.4. The minimum Gasteiger partial charge on any atom is -0.380 e. The minimum atomic E-state index is -0.271. The Bertz CT molecular complexity index is 797. The van der Waals surface area contributed by atoms with Crippen molar-refractivity contribution >= 4 is 5.82 Å². The first kappa shape index (κ1) is 16.1. The number of hydrogen-bond acceptors (Lipinski definition) is 4. The van der Waals surface area contributed by atoms with E-state index >= 15 is 0 Å². The van der Waals surface area contributed by atoms with Crippen molar-refractivity contribution in [2.45, 2.75) is 20.1 Å². The molecule has 1 heterocycles. The van der Waals surface area contributed by atoms with Gasteiger partial charge in [0.1, 0.15) is 5.82 Å². The standard InChI is InChI=1S/C18H19FN4O/c1-13-18(20-11-14-3-5-15(6-4-14)12-24-2)21-22-23(13)17-9-7-16(19)8-10-17/h3-10,20H,11-12H2,1-2H3. The summed E-state index contributed by atoms with van der Waals surface area (Å²) in [5.74, 6) is 0.437. The third kappa shape index (κ3) is 3.60. The summed E-state index contributed by atoms with van der Waals surface area (Å²) in [7, 11) is 1.68. The smallest absolute Gasteiger partial charge is 0.172 e. The average Bonchev–Trinajstić information content (AvgIpc) is 2.96. The lowest BCUT2D eigenvalue weighted by atomic mass is 10.1. The first-order valence-corrected chi connectivity index (χ1v) is 7.66. The second kappa shape index (κ2) is 7.23. The Morgan fingerprint density at radius 1 is 1.04 bits per heavy atom. The van der Waals surface area contributed by atoms with Gasteiger partial charge in [-0.25, -0.2) is 9.07 Å². The van der Waals surface area contributed by atoms with Gasteiger partial charge in [-0.05, 0) is 42.3 Å². The molecule has 0 spiro atoms. The van der Waals surface area contributed by atoms with E-state index in [1.807, 2.05) is 19.1 Å². The monoisotopic (exact) mass is 326 g/mol. The van der Waals surface area contributed by atoms with Crippen molar-refractivity contribution in [2.24, 2.45) is 0 Å². The van der Waals surface area contributed by atoms with Gasteiger partial charge < -0.3 is 10.1 Å². The molecule has 0 saturated heterocycles. The van der Waals surface area contributed by atoms with E-state index in [2.05, 4.69) is 27.8 Å². The quantitative estimate of drug-likeness (QED) is 0.753. The summed E-state index contributed by atoms with van der Waals surface area (Å²) >= 11 is 0. The molecule has 24 heavy (non-hydrogen) atoms. The Morgan fingerprint density at radius 3 is 2.38 bits per heavy atom. The van der Waals surface area contributed by atoms with Gasteiger partial charge in [-0.2, -0.15) is 0 Å². The zero-order valence-corrected chi connectivity index (χ0v) is 13.7. The van der Waals surface area contributed by atoms with Crippen LogP contribution in [0.3, 0.4) is 0 Å². The molecule has 0 fully saturated rings. The molecule has 0 aliphatic heterocycles. The van der Waals surface area contributed by atoms with Crippen molar-refractivity contribution in [3.63, 3.8) is 0 Å². The fraction of sp³-hybridized carbons (Fsp3) is 0.222. The third-order valence-corrected chi connectivity index (χ3v) is 3.76. The largest absolute Gasteiger partial charge is 0.380 e. The van der Waals surface area contributed by atoms with Crippen LogP contribution in [0.2, 0.25) is 0 Å². The topological polar surface area (TPSA) is 52.0 Å². The van der Waals surface area contributed by atoms with Gasteiger partial charge in [0.15, 0.2) is 5.82 Å². The maximum Gasteiger partial charge on any atom is 0.172 e. The number of rotatable bonds is 6. The molecule has 124 valence electrons. The molecular formula is C18H19FN4O. The molecule has 0 aliphatic rings. The highest BCUT2D eigenvalue weighted by molar-refractivity contribution is 5.44. The first-order chi connectivity index (χ1) is 11.7. The molecule has 1 aromatic heterocycles. The molecule has 0 bridgehead atoms. The Balaban J connectivity index is 1.69. The van der Waals surface area contributed by atoms with Crippen LogP contribution in [0.5, 0.6) is 0 Å². The fourth-order valence-corrected chi connectivity index (χ4v) is 2.43. The molecule has 6 heteroatoms. The highest BCUT2D eigenvalue weighted by Crippen LogP contribution is 2.17. The molecule has 0 amide bonds. The predicted molar refractivity (Wildman–Crippen MR) is 90.5 cm³/mol. The van der Waals surface area contributed by atoms with E-state index in [0.29, 0.717) is 19.0 Å². The van der Waals surface area contributed by atoms with E-state index in [1.165, 1.54) is 12.1 Å². The van der Waals surface area contributed by atoms with Gasteiger partial charge in [-0.3, -0.25) is 0 Å². The Labute approximate surface area is 140 Å². The lowest BCUT2D eigenvalue weighted by Gasteiger charge is -2.07. The van der Waals surface area contributed by atoms with Crippen LogP contribution in [-0.4, -0.2) is 22.1 Å². The minimum absolute atomic E-state index is 0.271. The van der Waals surface area contributed by atoms with Crippen molar-refractivity contribution in [3.05, 3.63) is 71.2 Å². The van der Waals surface area contributed by atoms with E-state index in [0.717, 1.165) is 22.5 Å². The number of hydrogen-bond donors (Lipinski definition) is 1. The Morgan fingerprint density at radius 2 is 1.71 bits per heavy atom. The fourth-order valence-electron chi connectivity index (χ4n) is 2.43. The third-order valence-electron chi connectivity index (χ3n) is 3.76. The molecule has 3 rings (SSSR count). The number of halogens is 1. The van der Waals surface area contributed by atoms with E-state index in [-0.39, 0.29) is 5.82 Å². The summed E-state index contributed by atoms with van der Waals surface area (Å²) < 4.78 is 19.8. The number of methoxy groups -OCH3 is 1. The number of benzene rings is 2. The van der Waals surface area contributed by atoms with Gasteiger partial charge >= 0.3 is 0 Å². The van der Waals surface area contributed by atoms with E-state index in [9.17, 15) is 4.39 Å². The number of nitrogens with one attached hydrogen (secondary N) is 1. The Hall–Kier alpha value is -2.73. The lowest BCUT2D eigenvalue weighted by molar-refractivity contribution is 0.185. The molecule has 1 N–H and O–H groups in total. The van der Waals surface area contributed by atoms with E-state index in [1.54, 1.807) is 23.9 Å². The van der Waals surface area contributed by atoms with Gasteiger partial charge in [0.05, 0.1) is 18.0 Å². The van der Waals surface area contributed by atoms with Crippen LogP contribution < -0.4 is 5.32 Å². The van der Waals surface area contributed by atoms with Crippen molar-refractivity contribution in [1.29, 1.82) is 0 Å². The van der Waals surface area contributed by atoms with Gasteiger partial charge in [-0.15, -0.1) is 5.10 Å². The summed E-state index contributed by atoms with van der Waals surface area (Å²) in [6.45, 7) is 3.18. The molecule has 2 aromatic carbocycles. The second-order valence-corrected chi connectivity index (χ2v) is 5.51. The van der Waals surface area contributed by atoms with Crippen LogP contribution in [0.1, 0.15) is 16.8 Å². The summed E-state index contributed by atoms with van der Waals surface area (Å²) in [5, 5.41) is 11.6. The van der Waals surface area contributed by atoms with Crippen LogP contribution >= 0.6 is 0 Å².